The Labute approximate surface area is 337 Å². The number of amides is 4. The molecule has 0 radical (unpaired) electrons. The minimum atomic E-state index is -0.962. The van der Waals surface area contributed by atoms with Crippen LogP contribution in [0.5, 0.6) is 0 Å². The van der Waals surface area contributed by atoms with Gasteiger partial charge in [0.25, 0.3) is 5.91 Å². The number of hydrogen-bond donors (Lipinski definition) is 4. The molecule has 3 saturated heterocycles. The van der Waals surface area contributed by atoms with E-state index in [1.165, 1.54) is 7.11 Å². The first-order valence-corrected chi connectivity index (χ1v) is 20.1. The second kappa shape index (κ2) is 18.2. The zero-order chi connectivity index (χ0) is 40.8. The number of nitrogens with one attached hydrogen (secondary N) is 3. The standard InChI is InChI=1S/C42H53N9O7/c1-26(2)36(48-42(55)56-3)40(53)51-18-5-7-34(51)38-45-25-32(47-38)30-14-10-28(11-15-30)27-8-12-29(13-9-27)31-24-44-37(46-31)33-6-4-17-50(33)39(52)35(58-41(43)54)16-19-49-20-22-57-23-21-49/h8-15,24-26,33-36H,4-7,16-23H2,1-3H3,(H2,43,54)(H,44,46)(H,45,47)(H,48,55)/t33-,34-,35-,36-/m0/s1. The topological polar surface area (TPSA) is 201 Å². The zero-order valence-electron chi connectivity index (χ0n) is 33.3. The summed E-state index contributed by atoms with van der Waals surface area (Å²) in [5.74, 6) is 0.901. The first kappa shape index (κ1) is 40.5. The number of likely N-dealkylation sites (tertiary alicyclic amines) is 2. The lowest BCUT2D eigenvalue weighted by Crippen LogP contribution is -2.51. The molecule has 0 saturated carbocycles. The molecule has 7 rings (SSSR count). The van der Waals surface area contributed by atoms with Crippen molar-refractivity contribution in [3.05, 3.63) is 72.6 Å². The molecule has 308 valence electrons. The normalized spacial score (nSPS) is 19.6. The van der Waals surface area contributed by atoms with Gasteiger partial charge >= 0.3 is 12.2 Å². The number of aromatic nitrogens is 4. The van der Waals surface area contributed by atoms with Crippen LogP contribution >= 0.6 is 0 Å². The highest BCUT2D eigenvalue weighted by Gasteiger charge is 2.39. The first-order chi connectivity index (χ1) is 28.1. The number of nitrogens with two attached hydrogens (primary N) is 1. The lowest BCUT2D eigenvalue weighted by atomic mass is 10.0. The molecular weight excluding hydrogens is 743 g/mol. The summed E-state index contributed by atoms with van der Waals surface area (Å²) >= 11 is 0. The summed E-state index contributed by atoms with van der Waals surface area (Å²) in [5.41, 5.74) is 11.1. The average Bonchev–Trinajstić information content (AvgIpc) is 4.08. The van der Waals surface area contributed by atoms with E-state index in [-0.39, 0.29) is 29.8 Å². The van der Waals surface area contributed by atoms with Gasteiger partial charge in [-0.05, 0) is 53.9 Å². The average molecular weight is 796 g/mol. The molecule has 5 N–H and O–H groups in total. The van der Waals surface area contributed by atoms with Gasteiger partial charge < -0.3 is 45.0 Å². The van der Waals surface area contributed by atoms with Gasteiger partial charge in [0.2, 0.25) is 5.91 Å². The third-order valence-electron chi connectivity index (χ3n) is 11.4. The molecule has 0 aliphatic carbocycles. The number of alkyl carbamates (subject to hydrolysis) is 1. The monoisotopic (exact) mass is 795 g/mol. The Morgan fingerprint density at radius 2 is 1.29 bits per heavy atom. The van der Waals surface area contributed by atoms with E-state index >= 15 is 0 Å². The molecule has 58 heavy (non-hydrogen) atoms. The van der Waals surface area contributed by atoms with Gasteiger partial charge in [0, 0.05) is 39.1 Å². The minimum absolute atomic E-state index is 0.109. The van der Waals surface area contributed by atoms with Crippen LogP contribution in [0.4, 0.5) is 9.59 Å². The number of carbonyl (C=O) groups excluding carboxylic acids is 4. The van der Waals surface area contributed by atoms with Crippen LogP contribution in [0.3, 0.4) is 0 Å². The first-order valence-electron chi connectivity index (χ1n) is 20.1. The Kier molecular flexibility index (Phi) is 12.7. The number of benzene rings is 2. The van der Waals surface area contributed by atoms with Crippen molar-refractivity contribution in [3.63, 3.8) is 0 Å². The van der Waals surface area contributed by atoms with E-state index in [4.69, 9.17) is 19.9 Å². The molecule has 3 aliphatic rings. The Bertz CT molecular complexity index is 2040. The van der Waals surface area contributed by atoms with Gasteiger partial charge in [-0.25, -0.2) is 19.6 Å². The van der Waals surface area contributed by atoms with Gasteiger partial charge in [0.1, 0.15) is 17.7 Å². The molecule has 3 aliphatic heterocycles. The van der Waals surface area contributed by atoms with Crippen LogP contribution in [0.25, 0.3) is 33.6 Å². The maximum atomic E-state index is 13.7. The molecule has 3 fully saturated rings. The van der Waals surface area contributed by atoms with Crippen molar-refractivity contribution in [2.45, 2.75) is 70.2 Å². The van der Waals surface area contributed by atoms with Crippen LogP contribution in [0.15, 0.2) is 60.9 Å². The number of aromatic amines is 2. The highest BCUT2D eigenvalue weighted by molar-refractivity contribution is 5.86. The lowest BCUT2D eigenvalue weighted by Gasteiger charge is -2.30. The van der Waals surface area contributed by atoms with E-state index in [0.717, 1.165) is 78.2 Å². The third-order valence-corrected chi connectivity index (χ3v) is 11.4. The van der Waals surface area contributed by atoms with Crippen molar-refractivity contribution >= 4 is 24.0 Å². The number of ether oxygens (including phenoxy) is 3. The van der Waals surface area contributed by atoms with Crippen molar-refractivity contribution in [1.82, 2.24) is 40.0 Å². The highest BCUT2D eigenvalue weighted by Crippen LogP contribution is 2.35. The largest absolute Gasteiger partial charge is 0.453 e. The molecule has 4 amide bonds. The number of rotatable bonds is 13. The summed E-state index contributed by atoms with van der Waals surface area (Å²) < 4.78 is 15.5. The fourth-order valence-electron chi connectivity index (χ4n) is 8.18. The fraction of sp³-hybridized carbons (Fsp3) is 0.476. The van der Waals surface area contributed by atoms with E-state index in [1.54, 1.807) is 22.2 Å². The van der Waals surface area contributed by atoms with Gasteiger partial charge in [-0.3, -0.25) is 14.5 Å². The molecule has 16 nitrogen and oxygen atoms in total. The van der Waals surface area contributed by atoms with E-state index in [9.17, 15) is 19.2 Å². The molecule has 16 heteroatoms. The maximum absolute atomic E-state index is 13.7. The molecule has 0 bridgehead atoms. The van der Waals surface area contributed by atoms with Crippen molar-refractivity contribution in [2.24, 2.45) is 11.7 Å². The van der Waals surface area contributed by atoms with Crippen LogP contribution < -0.4 is 11.1 Å². The molecule has 4 aromatic rings. The number of methoxy groups -OCH3 is 1. The summed E-state index contributed by atoms with van der Waals surface area (Å²) in [5, 5.41) is 2.69. The Hall–Kier alpha value is -5.74. The SMILES string of the molecule is COC(=O)N[C@H](C(=O)N1CCC[C@H]1c1ncc(-c2ccc(-c3ccc(-c4cnc([C@@H]5CCCN5C(=O)[C@H](CCN5CCOCC5)OC(N)=O)[nH]4)cc3)cc2)[nH]1)C(C)C. The van der Waals surface area contributed by atoms with Crippen LogP contribution in [-0.4, -0.2) is 124 Å². The summed E-state index contributed by atoms with van der Waals surface area (Å²) in [7, 11) is 1.29. The second-order valence-electron chi connectivity index (χ2n) is 15.4. The molecule has 5 heterocycles. The number of nitrogens with zero attached hydrogens (tertiary/aromatic N) is 5. The van der Waals surface area contributed by atoms with Crippen LogP contribution in [0.1, 0.15) is 69.7 Å². The molecule has 0 spiro atoms. The predicted molar refractivity (Wildman–Crippen MR) is 215 cm³/mol. The van der Waals surface area contributed by atoms with Crippen molar-refractivity contribution in [1.29, 1.82) is 0 Å². The van der Waals surface area contributed by atoms with E-state index in [0.29, 0.717) is 45.1 Å². The van der Waals surface area contributed by atoms with E-state index < -0.39 is 24.3 Å². The minimum Gasteiger partial charge on any atom is -0.453 e. The van der Waals surface area contributed by atoms with Gasteiger partial charge in [-0.2, -0.15) is 0 Å². The number of hydrogen-bond acceptors (Lipinski definition) is 10. The van der Waals surface area contributed by atoms with Gasteiger partial charge in [-0.1, -0.05) is 62.4 Å². The van der Waals surface area contributed by atoms with Crippen molar-refractivity contribution in [2.75, 3.05) is 53.0 Å². The summed E-state index contributed by atoms with van der Waals surface area (Å²) in [6, 6.07) is 15.3. The van der Waals surface area contributed by atoms with E-state index in [2.05, 4.69) is 54.4 Å². The van der Waals surface area contributed by atoms with Gasteiger partial charge in [0.05, 0.1) is 56.2 Å². The molecule has 4 atom stereocenters. The summed E-state index contributed by atoms with van der Waals surface area (Å²) in [4.78, 5) is 73.0. The Morgan fingerprint density at radius 1 is 0.793 bits per heavy atom. The number of H-pyrrole nitrogens is 2. The third kappa shape index (κ3) is 9.18. The van der Waals surface area contributed by atoms with Crippen molar-refractivity contribution < 1.29 is 33.4 Å². The van der Waals surface area contributed by atoms with Gasteiger partial charge in [-0.15, -0.1) is 0 Å². The molecule has 2 aromatic heterocycles. The molecule has 0 unspecified atom stereocenters. The van der Waals surface area contributed by atoms with Crippen LogP contribution in [0, 0.1) is 5.92 Å². The quantitative estimate of drug-likeness (QED) is 0.142. The molecular formula is C42H53N9O7. The lowest BCUT2D eigenvalue weighted by molar-refractivity contribution is -0.142. The number of morpholine rings is 1. The number of carbonyl (C=O) groups is 4. The molecule has 2 aromatic carbocycles. The van der Waals surface area contributed by atoms with E-state index in [1.807, 2.05) is 38.1 Å². The maximum Gasteiger partial charge on any atom is 0.407 e. The fourth-order valence-corrected chi connectivity index (χ4v) is 8.18. The Balaban J connectivity index is 0.980. The smallest absolute Gasteiger partial charge is 0.407 e. The highest BCUT2D eigenvalue weighted by atomic mass is 16.6. The van der Waals surface area contributed by atoms with Crippen LogP contribution in [0.2, 0.25) is 0 Å². The predicted octanol–water partition coefficient (Wildman–Crippen LogP) is 5.03. The van der Waals surface area contributed by atoms with Crippen molar-refractivity contribution in [3.8, 4) is 33.6 Å². The summed E-state index contributed by atoms with van der Waals surface area (Å²) in [6.45, 7) is 8.35. The number of imidazole rings is 2. The zero-order valence-corrected chi connectivity index (χ0v) is 33.3. The summed E-state index contributed by atoms with van der Waals surface area (Å²) in [6.07, 6.45) is 4.57. The van der Waals surface area contributed by atoms with Gasteiger partial charge in [0.15, 0.2) is 6.10 Å². The van der Waals surface area contributed by atoms with Crippen LogP contribution in [-0.2, 0) is 23.8 Å². The second-order valence-corrected chi connectivity index (χ2v) is 15.4. The number of primary amides is 1. The Morgan fingerprint density at radius 3 is 1.78 bits per heavy atom.